The number of fused-ring (bicyclic) bond motifs is 1. The lowest BCUT2D eigenvalue weighted by Crippen LogP contribution is -2.44. The van der Waals surface area contributed by atoms with Crippen LogP contribution in [0.15, 0.2) is 33.5 Å². The molecular weight excluding hydrogens is 352 g/mol. The predicted molar refractivity (Wildman–Crippen MR) is 86.0 cm³/mol. The van der Waals surface area contributed by atoms with Gasteiger partial charge >= 0.3 is 5.97 Å². The topological polar surface area (TPSA) is 99.3 Å². The smallest absolute Gasteiger partial charge is 0.326 e. The maximum absolute atomic E-state index is 12.4. The molecule has 1 atom stereocenters. The Morgan fingerprint density at radius 1 is 1.27 bits per heavy atom. The van der Waals surface area contributed by atoms with Crippen molar-refractivity contribution in [3.05, 3.63) is 44.7 Å². The second kappa shape index (κ2) is 6.31. The summed E-state index contributed by atoms with van der Waals surface area (Å²) < 4.78 is 0.750. The Morgan fingerprint density at radius 2 is 1.95 bits per heavy atom. The van der Waals surface area contributed by atoms with Crippen LogP contribution in [0.3, 0.4) is 0 Å². The fourth-order valence-corrected chi connectivity index (χ4v) is 2.51. The van der Waals surface area contributed by atoms with Gasteiger partial charge in [-0.2, -0.15) is 0 Å². The number of pyridine rings is 1. The van der Waals surface area contributed by atoms with Crippen LogP contribution >= 0.6 is 15.9 Å². The summed E-state index contributed by atoms with van der Waals surface area (Å²) in [5.74, 6) is -1.98. The second-order valence-corrected chi connectivity index (χ2v) is 6.19. The summed E-state index contributed by atoms with van der Waals surface area (Å²) in [6, 6.07) is 5.27. The molecule has 0 aliphatic rings. The minimum Gasteiger partial charge on any atom is -0.480 e. The van der Waals surface area contributed by atoms with Crippen molar-refractivity contribution >= 4 is 38.7 Å². The molecule has 1 heterocycles. The van der Waals surface area contributed by atoms with Gasteiger partial charge < -0.3 is 15.4 Å². The first-order chi connectivity index (χ1) is 10.3. The van der Waals surface area contributed by atoms with Gasteiger partial charge in [-0.15, -0.1) is 0 Å². The molecule has 0 saturated carbocycles. The molecule has 3 N–H and O–H groups in total. The summed E-state index contributed by atoms with van der Waals surface area (Å²) in [4.78, 5) is 37.9. The van der Waals surface area contributed by atoms with E-state index in [4.69, 9.17) is 5.11 Å². The molecule has 0 bridgehead atoms. The number of rotatable bonds is 4. The van der Waals surface area contributed by atoms with Gasteiger partial charge in [0.2, 0.25) is 5.56 Å². The number of aromatic amines is 1. The van der Waals surface area contributed by atoms with Gasteiger partial charge in [0.25, 0.3) is 5.91 Å². The van der Waals surface area contributed by atoms with E-state index in [-0.39, 0.29) is 11.5 Å². The van der Waals surface area contributed by atoms with Crippen LogP contribution in [0.1, 0.15) is 24.2 Å². The first-order valence-corrected chi connectivity index (χ1v) is 7.45. The first-order valence-electron chi connectivity index (χ1n) is 6.66. The number of H-pyrrole nitrogens is 1. The van der Waals surface area contributed by atoms with Crippen LogP contribution < -0.4 is 10.9 Å². The number of nitrogens with one attached hydrogen (secondary N) is 2. The summed E-state index contributed by atoms with van der Waals surface area (Å²) in [5, 5.41) is 12.2. The number of carbonyl (C=O) groups excluding carboxylic acids is 1. The SMILES string of the molecule is CC(C)[C@H](NC(=O)c1cc(=O)[nH]c2ccc(Br)cc12)C(=O)O. The summed E-state index contributed by atoms with van der Waals surface area (Å²) >= 11 is 3.31. The third-order valence-corrected chi connectivity index (χ3v) is 3.76. The van der Waals surface area contributed by atoms with E-state index in [9.17, 15) is 14.4 Å². The van der Waals surface area contributed by atoms with Crippen LogP contribution in [0.5, 0.6) is 0 Å². The van der Waals surface area contributed by atoms with E-state index in [1.165, 1.54) is 6.07 Å². The minimum absolute atomic E-state index is 0.145. The number of hydrogen-bond acceptors (Lipinski definition) is 3. The molecule has 0 radical (unpaired) electrons. The summed E-state index contributed by atoms with van der Waals surface area (Å²) in [5.41, 5.74) is 0.237. The van der Waals surface area contributed by atoms with E-state index in [0.29, 0.717) is 10.9 Å². The quantitative estimate of drug-likeness (QED) is 0.771. The fourth-order valence-electron chi connectivity index (χ4n) is 2.15. The number of carboxylic acid groups (broad SMARTS) is 1. The Kier molecular flexibility index (Phi) is 4.65. The highest BCUT2D eigenvalue weighted by atomic mass is 79.9. The molecule has 0 aliphatic carbocycles. The van der Waals surface area contributed by atoms with Crippen molar-refractivity contribution in [3.63, 3.8) is 0 Å². The van der Waals surface area contributed by atoms with Gasteiger partial charge in [0.05, 0.1) is 5.56 Å². The molecule has 2 aromatic rings. The molecule has 0 unspecified atom stereocenters. The predicted octanol–water partition coefficient (Wildman–Crippen LogP) is 2.13. The number of amides is 1. The third kappa shape index (κ3) is 3.36. The Morgan fingerprint density at radius 3 is 2.55 bits per heavy atom. The zero-order valence-corrected chi connectivity index (χ0v) is 13.6. The summed E-state index contributed by atoms with van der Waals surface area (Å²) in [6.45, 7) is 3.40. The van der Waals surface area contributed by atoms with Gasteiger partial charge in [0.15, 0.2) is 0 Å². The minimum atomic E-state index is -1.11. The van der Waals surface area contributed by atoms with Gasteiger partial charge in [-0.1, -0.05) is 29.8 Å². The molecule has 0 spiro atoms. The van der Waals surface area contributed by atoms with Crippen molar-refractivity contribution in [2.24, 2.45) is 5.92 Å². The average Bonchev–Trinajstić information content (AvgIpc) is 2.43. The summed E-state index contributed by atoms with van der Waals surface area (Å²) in [7, 11) is 0. The largest absolute Gasteiger partial charge is 0.480 e. The highest BCUT2D eigenvalue weighted by Crippen LogP contribution is 2.20. The van der Waals surface area contributed by atoms with Crippen molar-refractivity contribution in [3.8, 4) is 0 Å². The van der Waals surface area contributed by atoms with Crippen LogP contribution in [0.25, 0.3) is 10.9 Å². The number of carbonyl (C=O) groups is 2. The lowest BCUT2D eigenvalue weighted by atomic mass is 10.0. The molecule has 22 heavy (non-hydrogen) atoms. The van der Waals surface area contributed by atoms with Crippen LogP contribution in [0, 0.1) is 5.92 Å². The van der Waals surface area contributed by atoms with E-state index in [0.717, 1.165) is 4.47 Å². The van der Waals surface area contributed by atoms with Crippen molar-refractivity contribution < 1.29 is 14.7 Å². The Labute approximate surface area is 134 Å². The maximum Gasteiger partial charge on any atom is 0.326 e. The normalized spacial score (nSPS) is 12.4. The Bertz CT molecular complexity index is 798. The molecule has 116 valence electrons. The van der Waals surface area contributed by atoms with Crippen molar-refractivity contribution in [1.82, 2.24) is 10.3 Å². The molecule has 0 fully saturated rings. The number of carboxylic acids is 1. The standard InChI is InChI=1S/C15H15BrN2O4/c1-7(2)13(15(21)22)18-14(20)10-6-12(19)17-11-4-3-8(16)5-9(10)11/h3-7,13H,1-2H3,(H,17,19)(H,18,20)(H,21,22)/t13-/m0/s1. The fraction of sp³-hybridized carbons (Fsp3) is 0.267. The zero-order valence-electron chi connectivity index (χ0n) is 12.0. The van der Waals surface area contributed by atoms with Gasteiger partial charge in [0, 0.05) is 21.4 Å². The van der Waals surface area contributed by atoms with Crippen LogP contribution in [-0.4, -0.2) is 28.0 Å². The molecule has 1 aromatic carbocycles. The average molecular weight is 367 g/mol. The lowest BCUT2D eigenvalue weighted by molar-refractivity contribution is -0.140. The number of aliphatic carboxylic acids is 1. The maximum atomic E-state index is 12.4. The first kappa shape index (κ1) is 16.2. The van der Waals surface area contributed by atoms with E-state index >= 15 is 0 Å². The molecular formula is C15H15BrN2O4. The van der Waals surface area contributed by atoms with Crippen LogP contribution in [0.4, 0.5) is 0 Å². The van der Waals surface area contributed by atoms with E-state index in [1.54, 1.807) is 32.0 Å². The Balaban J connectivity index is 2.49. The van der Waals surface area contributed by atoms with E-state index < -0.39 is 23.5 Å². The molecule has 0 aliphatic heterocycles. The van der Waals surface area contributed by atoms with Gasteiger partial charge in [-0.25, -0.2) is 4.79 Å². The molecule has 0 saturated heterocycles. The number of halogens is 1. The third-order valence-electron chi connectivity index (χ3n) is 3.27. The van der Waals surface area contributed by atoms with Crippen molar-refractivity contribution in [2.45, 2.75) is 19.9 Å². The van der Waals surface area contributed by atoms with E-state index in [1.807, 2.05) is 0 Å². The number of aromatic nitrogens is 1. The molecule has 1 amide bonds. The van der Waals surface area contributed by atoms with E-state index in [2.05, 4.69) is 26.2 Å². The van der Waals surface area contributed by atoms with Crippen LogP contribution in [-0.2, 0) is 4.79 Å². The highest BCUT2D eigenvalue weighted by Gasteiger charge is 2.25. The zero-order chi connectivity index (χ0) is 16.4. The van der Waals surface area contributed by atoms with Gasteiger partial charge in [-0.05, 0) is 24.1 Å². The second-order valence-electron chi connectivity index (χ2n) is 5.27. The number of hydrogen-bond donors (Lipinski definition) is 3. The van der Waals surface area contributed by atoms with Gasteiger partial charge in [-0.3, -0.25) is 9.59 Å². The highest BCUT2D eigenvalue weighted by molar-refractivity contribution is 9.10. The number of benzene rings is 1. The summed E-state index contributed by atoms with van der Waals surface area (Å²) in [6.07, 6.45) is 0. The lowest BCUT2D eigenvalue weighted by Gasteiger charge is -2.18. The molecule has 6 nitrogen and oxygen atoms in total. The van der Waals surface area contributed by atoms with Crippen molar-refractivity contribution in [1.29, 1.82) is 0 Å². The van der Waals surface area contributed by atoms with Gasteiger partial charge in [0.1, 0.15) is 6.04 Å². The Hall–Kier alpha value is -2.15. The van der Waals surface area contributed by atoms with Crippen molar-refractivity contribution in [2.75, 3.05) is 0 Å². The monoisotopic (exact) mass is 366 g/mol. The molecule has 7 heteroatoms. The van der Waals surface area contributed by atoms with Crippen LogP contribution in [0.2, 0.25) is 0 Å². The molecule has 1 aromatic heterocycles. The molecule has 2 rings (SSSR count).